The standard InChI is InChI=1S/C5H10N2/c1-4(3-6)5(2)7/h3,6H,7H2,1-2H3/p+1. The molecule has 40 valence electrons. The van der Waals surface area contributed by atoms with Crippen molar-refractivity contribution in [2.24, 2.45) is 5.73 Å². The molecule has 2 heteroatoms. The summed E-state index contributed by atoms with van der Waals surface area (Å²) in [4.78, 5) is 0. The predicted octanol–water partition coefficient (Wildman–Crippen LogP) is -0.931. The van der Waals surface area contributed by atoms with Gasteiger partial charge in [-0.15, -0.1) is 0 Å². The Kier molecular flexibility index (Phi) is 2.12. The molecule has 0 amide bonds. The first-order chi connectivity index (χ1) is 3.18. The summed E-state index contributed by atoms with van der Waals surface area (Å²) in [5, 5.41) is 5.11. The van der Waals surface area contributed by atoms with Gasteiger partial charge in [0, 0.05) is 11.3 Å². The molecule has 4 N–H and O–H groups in total. The molecule has 0 saturated heterocycles. The second-order valence-electron chi connectivity index (χ2n) is 1.53. The maximum Gasteiger partial charge on any atom is 0.164 e. The number of hydrogen-bond acceptors (Lipinski definition) is 1. The molecular formula is C5H11N2+. The van der Waals surface area contributed by atoms with E-state index >= 15 is 0 Å². The third-order valence-electron chi connectivity index (χ3n) is 0.872. The van der Waals surface area contributed by atoms with Gasteiger partial charge in [0.15, 0.2) is 6.21 Å². The maximum atomic E-state index is 5.31. The average molecular weight is 99.2 g/mol. The number of nitrogens with two attached hydrogens (primary N) is 2. The molecule has 0 aromatic rings. The van der Waals surface area contributed by atoms with Crippen molar-refractivity contribution in [1.82, 2.24) is 0 Å². The highest BCUT2D eigenvalue weighted by Gasteiger charge is 1.85. The first-order valence-corrected chi connectivity index (χ1v) is 2.16. The van der Waals surface area contributed by atoms with Gasteiger partial charge in [0.05, 0.1) is 0 Å². The van der Waals surface area contributed by atoms with Gasteiger partial charge in [-0.25, -0.2) is 0 Å². The van der Waals surface area contributed by atoms with Crippen LogP contribution in [0.3, 0.4) is 0 Å². The van der Waals surface area contributed by atoms with E-state index in [1.807, 2.05) is 13.8 Å². The van der Waals surface area contributed by atoms with Crippen molar-refractivity contribution in [3.63, 3.8) is 0 Å². The third-order valence-corrected chi connectivity index (χ3v) is 0.872. The Morgan fingerprint density at radius 2 is 2.00 bits per heavy atom. The molecule has 0 heterocycles. The highest BCUT2D eigenvalue weighted by atomic mass is 14.6. The Bertz CT molecular complexity index is 98.6. The van der Waals surface area contributed by atoms with E-state index in [4.69, 9.17) is 11.1 Å². The van der Waals surface area contributed by atoms with Crippen molar-refractivity contribution in [3.8, 4) is 0 Å². The molecule has 0 aromatic heterocycles. The zero-order valence-corrected chi connectivity index (χ0v) is 4.73. The minimum atomic E-state index is 0.780. The highest BCUT2D eigenvalue weighted by Crippen LogP contribution is 1.87. The summed E-state index contributed by atoms with van der Waals surface area (Å²) in [6.45, 7) is 3.69. The molecule has 0 radical (unpaired) electrons. The summed E-state index contributed by atoms with van der Waals surface area (Å²) in [7, 11) is 0. The fourth-order valence-electron chi connectivity index (χ4n) is 0.131. The summed E-state index contributed by atoms with van der Waals surface area (Å²) >= 11 is 0. The molecular weight excluding hydrogens is 88.1 g/mol. The summed E-state index contributed by atoms with van der Waals surface area (Å²) < 4.78 is 0. The predicted molar refractivity (Wildman–Crippen MR) is 30.6 cm³/mol. The van der Waals surface area contributed by atoms with Crippen LogP contribution in [0, 0.1) is 0 Å². The van der Waals surface area contributed by atoms with Crippen LogP contribution in [-0.4, -0.2) is 6.21 Å². The lowest BCUT2D eigenvalue weighted by atomic mass is 10.3. The van der Waals surface area contributed by atoms with Gasteiger partial charge in [-0.2, -0.15) is 0 Å². The Labute approximate surface area is 43.5 Å². The van der Waals surface area contributed by atoms with Crippen molar-refractivity contribution in [2.75, 3.05) is 0 Å². The van der Waals surface area contributed by atoms with Crippen molar-refractivity contribution in [2.45, 2.75) is 13.8 Å². The molecule has 2 nitrogen and oxygen atoms in total. The summed E-state index contributed by atoms with van der Waals surface area (Å²) in [5.41, 5.74) is 7.04. The van der Waals surface area contributed by atoms with E-state index in [9.17, 15) is 0 Å². The van der Waals surface area contributed by atoms with Gasteiger partial charge in [-0.05, 0) is 13.8 Å². The molecule has 0 aliphatic heterocycles. The zero-order chi connectivity index (χ0) is 5.86. The summed E-state index contributed by atoms with van der Waals surface area (Å²) in [5.74, 6) is 0. The van der Waals surface area contributed by atoms with Crippen molar-refractivity contribution < 1.29 is 5.41 Å². The first kappa shape index (κ1) is 6.21. The maximum absolute atomic E-state index is 5.31. The van der Waals surface area contributed by atoms with Crippen molar-refractivity contribution in [3.05, 3.63) is 11.3 Å². The molecule has 0 aliphatic rings. The SMILES string of the molecule is CC(N)=C(C)C=[NH2+]. The van der Waals surface area contributed by atoms with E-state index in [-0.39, 0.29) is 0 Å². The van der Waals surface area contributed by atoms with Crippen LogP contribution in [0.25, 0.3) is 0 Å². The molecule has 0 atom stereocenters. The Morgan fingerprint density at radius 3 is 2.00 bits per heavy atom. The molecule has 7 heavy (non-hydrogen) atoms. The summed E-state index contributed by atoms with van der Waals surface area (Å²) in [6.07, 6.45) is 1.50. The molecule has 0 bridgehead atoms. The van der Waals surface area contributed by atoms with E-state index in [0.717, 1.165) is 11.3 Å². The second kappa shape index (κ2) is 2.39. The lowest BCUT2D eigenvalue weighted by Gasteiger charge is -1.86. The van der Waals surface area contributed by atoms with Crippen molar-refractivity contribution in [1.29, 1.82) is 0 Å². The Balaban J connectivity index is 3.98. The summed E-state index contributed by atoms with van der Waals surface area (Å²) in [6, 6.07) is 0. The van der Waals surface area contributed by atoms with Crippen molar-refractivity contribution >= 4 is 6.21 Å². The zero-order valence-electron chi connectivity index (χ0n) is 4.73. The smallest absolute Gasteiger partial charge is 0.164 e. The quantitative estimate of drug-likeness (QED) is 0.410. The second-order valence-corrected chi connectivity index (χ2v) is 1.53. The molecule has 0 spiro atoms. The van der Waals surface area contributed by atoms with Gasteiger partial charge in [0.2, 0.25) is 0 Å². The third kappa shape index (κ3) is 1.98. The minimum absolute atomic E-state index is 0.780. The van der Waals surface area contributed by atoms with Crippen LogP contribution < -0.4 is 11.1 Å². The fourth-order valence-corrected chi connectivity index (χ4v) is 0.131. The first-order valence-electron chi connectivity index (χ1n) is 2.16. The van der Waals surface area contributed by atoms with Gasteiger partial charge in [-0.1, -0.05) is 0 Å². The van der Waals surface area contributed by atoms with Gasteiger partial charge in [0.25, 0.3) is 0 Å². The van der Waals surface area contributed by atoms with Crippen LogP contribution in [-0.2, 0) is 0 Å². The van der Waals surface area contributed by atoms with Gasteiger partial charge in [-0.3, -0.25) is 5.41 Å². The Hall–Kier alpha value is -0.790. The van der Waals surface area contributed by atoms with E-state index in [0.29, 0.717) is 0 Å². The Morgan fingerprint density at radius 1 is 1.57 bits per heavy atom. The molecule has 0 saturated carbocycles. The molecule has 0 unspecified atom stereocenters. The van der Waals surface area contributed by atoms with E-state index in [1.165, 1.54) is 6.21 Å². The topological polar surface area (TPSA) is 51.6 Å². The fraction of sp³-hybridized carbons (Fsp3) is 0.400. The van der Waals surface area contributed by atoms with E-state index in [1.54, 1.807) is 0 Å². The van der Waals surface area contributed by atoms with Crippen LogP contribution >= 0.6 is 0 Å². The number of hydrogen-bond donors (Lipinski definition) is 2. The van der Waals surface area contributed by atoms with E-state index < -0.39 is 0 Å². The van der Waals surface area contributed by atoms with Gasteiger partial charge >= 0.3 is 0 Å². The molecule has 0 fully saturated rings. The largest absolute Gasteiger partial charge is 0.402 e. The van der Waals surface area contributed by atoms with Gasteiger partial charge < -0.3 is 5.73 Å². The molecule has 0 rings (SSSR count). The van der Waals surface area contributed by atoms with Gasteiger partial charge in [0.1, 0.15) is 0 Å². The van der Waals surface area contributed by atoms with Crippen LogP contribution in [0.5, 0.6) is 0 Å². The van der Waals surface area contributed by atoms with Crippen LogP contribution in [0.15, 0.2) is 11.3 Å². The number of allylic oxidation sites excluding steroid dienone is 2. The average Bonchev–Trinajstić information content (AvgIpc) is 1.65. The molecule has 0 aliphatic carbocycles. The minimum Gasteiger partial charge on any atom is -0.402 e. The lowest BCUT2D eigenvalue weighted by Crippen LogP contribution is -2.30. The monoisotopic (exact) mass is 99.1 g/mol. The van der Waals surface area contributed by atoms with Crippen LogP contribution in [0.1, 0.15) is 13.8 Å². The normalized spacial score (nSPS) is 12.9. The molecule has 0 aromatic carbocycles. The van der Waals surface area contributed by atoms with Crippen LogP contribution in [0.2, 0.25) is 0 Å². The van der Waals surface area contributed by atoms with E-state index in [2.05, 4.69) is 0 Å². The number of rotatable bonds is 1. The van der Waals surface area contributed by atoms with Crippen LogP contribution in [0.4, 0.5) is 0 Å². The lowest BCUT2D eigenvalue weighted by molar-refractivity contribution is -0.104. The highest BCUT2D eigenvalue weighted by molar-refractivity contribution is 5.72.